The van der Waals surface area contributed by atoms with Gasteiger partial charge in [-0.25, -0.2) is 8.42 Å². The molecule has 0 saturated carbocycles. The molecule has 0 radical (unpaired) electrons. The van der Waals surface area contributed by atoms with Gasteiger partial charge in [0, 0.05) is 6.04 Å². The zero-order valence-electron chi connectivity index (χ0n) is 10.6. The summed E-state index contributed by atoms with van der Waals surface area (Å²) in [5.41, 5.74) is -0.159. The van der Waals surface area contributed by atoms with Crippen molar-refractivity contribution in [2.24, 2.45) is 0 Å². The number of para-hydroxylation sites is 1. The van der Waals surface area contributed by atoms with Crippen LogP contribution in [-0.2, 0) is 9.84 Å². The number of sulfone groups is 1. The van der Waals surface area contributed by atoms with Crippen LogP contribution in [-0.4, -0.2) is 30.9 Å². The largest absolute Gasteiger partial charge is 0.376 e. The maximum atomic E-state index is 11.6. The minimum atomic E-state index is -3.10. The molecule has 0 amide bonds. The third-order valence-electron chi connectivity index (χ3n) is 3.16. The zero-order chi connectivity index (χ0) is 14.8. The van der Waals surface area contributed by atoms with Crippen LogP contribution in [0.3, 0.4) is 0 Å². The molecule has 7 nitrogen and oxygen atoms in total. The van der Waals surface area contributed by atoms with Gasteiger partial charge in [0.2, 0.25) is 0 Å². The minimum absolute atomic E-state index is 0.0407. The Morgan fingerprint density at radius 1 is 1.45 bits per heavy atom. The molecule has 0 spiro atoms. The van der Waals surface area contributed by atoms with Crippen molar-refractivity contribution in [3.8, 4) is 6.07 Å². The van der Waals surface area contributed by atoms with E-state index in [1.54, 1.807) is 6.07 Å². The van der Waals surface area contributed by atoms with E-state index in [0.29, 0.717) is 12.8 Å². The Balaban J connectivity index is 2.30. The fourth-order valence-corrected chi connectivity index (χ4v) is 3.94. The summed E-state index contributed by atoms with van der Waals surface area (Å²) in [7, 11) is -3.10. The molecule has 2 rings (SSSR count). The van der Waals surface area contributed by atoms with Crippen LogP contribution in [0.15, 0.2) is 18.2 Å². The molecule has 1 aromatic carbocycles. The normalized spacial score (nSPS) is 20.9. The molecule has 20 heavy (non-hydrogen) atoms. The number of hydrogen-bond acceptors (Lipinski definition) is 6. The first-order valence-corrected chi connectivity index (χ1v) is 7.89. The highest BCUT2D eigenvalue weighted by Crippen LogP contribution is 2.29. The van der Waals surface area contributed by atoms with Gasteiger partial charge in [0.25, 0.3) is 0 Å². The number of nitro groups is 1. The van der Waals surface area contributed by atoms with Crippen molar-refractivity contribution < 1.29 is 13.3 Å². The van der Waals surface area contributed by atoms with Gasteiger partial charge in [-0.3, -0.25) is 10.1 Å². The van der Waals surface area contributed by atoms with E-state index in [1.807, 2.05) is 0 Å². The van der Waals surface area contributed by atoms with Crippen molar-refractivity contribution in [3.05, 3.63) is 33.9 Å². The number of nitrogens with one attached hydrogen (secondary N) is 1. The van der Waals surface area contributed by atoms with E-state index in [4.69, 9.17) is 5.26 Å². The van der Waals surface area contributed by atoms with Crippen LogP contribution < -0.4 is 5.32 Å². The van der Waals surface area contributed by atoms with Gasteiger partial charge >= 0.3 is 5.69 Å². The van der Waals surface area contributed by atoms with Gasteiger partial charge in [-0.05, 0) is 25.0 Å². The predicted molar refractivity (Wildman–Crippen MR) is 73.1 cm³/mol. The average Bonchev–Trinajstić information content (AvgIpc) is 2.36. The molecule has 1 heterocycles. The first-order chi connectivity index (χ1) is 9.43. The second kappa shape index (κ2) is 5.46. The van der Waals surface area contributed by atoms with Crippen LogP contribution in [0, 0.1) is 21.4 Å². The standard InChI is InChI=1S/C12H13N3O4S/c13-7-9-3-1-5-11(12(9)15(16)17)14-10-4-2-6-20(18,19)8-10/h1,3,5,10,14H,2,4,6,8H2. The molecule has 1 aliphatic heterocycles. The smallest absolute Gasteiger partial charge is 0.309 e. The molecule has 8 heteroatoms. The Morgan fingerprint density at radius 2 is 2.20 bits per heavy atom. The van der Waals surface area contributed by atoms with Crippen molar-refractivity contribution in [2.75, 3.05) is 16.8 Å². The van der Waals surface area contributed by atoms with Crippen LogP contribution in [0.1, 0.15) is 18.4 Å². The van der Waals surface area contributed by atoms with Crippen molar-refractivity contribution in [2.45, 2.75) is 18.9 Å². The molecule has 1 saturated heterocycles. The molecular weight excluding hydrogens is 282 g/mol. The Labute approximate surface area is 116 Å². The first kappa shape index (κ1) is 14.3. The predicted octanol–water partition coefficient (Wildman–Crippen LogP) is 1.46. The van der Waals surface area contributed by atoms with E-state index in [1.165, 1.54) is 18.2 Å². The highest BCUT2D eigenvalue weighted by molar-refractivity contribution is 7.91. The van der Waals surface area contributed by atoms with Crippen LogP contribution >= 0.6 is 0 Å². The molecule has 1 atom stereocenters. The van der Waals surface area contributed by atoms with Crippen molar-refractivity contribution in [1.29, 1.82) is 5.26 Å². The maximum Gasteiger partial charge on any atom is 0.309 e. The molecule has 0 aliphatic carbocycles. The number of hydrogen-bond donors (Lipinski definition) is 1. The summed E-state index contributed by atoms with van der Waals surface area (Å²) in [6.07, 6.45) is 1.17. The van der Waals surface area contributed by atoms with E-state index in [-0.39, 0.29) is 34.5 Å². The monoisotopic (exact) mass is 295 g/mol. The summed E-state index contributed by atoms with van der Waals surface area (Å²) in [5, 5.41) is 22.9. The lowest BCUT2D eigenvalue weighted by molar-refractivity contribution is -0.384. The molecule has 106 valence electrons. The van der Waals surface area contributed by atoms with E-state index in [2.05, 4.69) is 5.32 Å². The number of nitrogens with zero attached hydrogens (tertiary/aromatic N) is 2. The van der Waals surface area contributed by atoms with Gasteiger partial charge in [-0.15, -0.1) is 0 Å². The van der Waals surface area contributed by atoms with Crippen LogP contribution in [0.4, 0.5) is 11.4 Å². The Bertz CT molecular complexity index is 678. The number of anilines is 1. The Hall–Kier alpha value is -2.14. The highest BCUT2D eigenvalue weighted by Gasteiger charge is 2.27. The van der Waals surface area contributed by atoms with E-state index in [9.17, 15) is 18.5 Å². The van der Waals surface area contributed by atoms with Crippen LogP contribution in [0.25, 0.3) is 0 Å². The molecule has 1 aliphatic rings. The third-order valence-corrected chi connectivity index (χ3v) is 4.98. The van der Waals surface area contributed by atoms with E-state index in [0.717, 1.165) is 0 Å². The summed E-state index contributed by atoms with van der Waals surface area (Å²) in [6.45, 7) is 0. The van der Waals surface area contributed by atoms with Crippen LogP contribution in [0.5, 0.6) is 0 Å². The number of benzene rings is 1. The lowest BCUT2D eigenvalue weighted by Crippen LogP contribution is -2.35. The summed E-state index contributed by atoms with van der Waals surface area (Å²) >= 11 is 0. The molecule has 1 N–H and O–H groups in total. The lowest BCUT2D eigenvalue weighted by atomic mass is 10.1. The fourth-order valence-electron chi connectivity index (χ4n) is 2.30. The SMILES string of the molecule is N#Cc1cccc(NC2CCCS(=O)(=O)C2)c1[N+](=O)[O-]. The second-order valence-electron chi connectivity index (χ2n) is 4.67. The van der Waals surface area contributed by atoms with Gasteiger partial charge in [-0.1, -0.05) is 6.07 Å². The van der Waals surface area contributed by atoms with Gasteiger partial charge in [0.15, 0.2) is 9.84 Å². The minimum Gasteiger partial charge on any atom is -0.376 e. The summed E-state index contributed by atoms with van der Waals surface area (Å²) in [6, 6.07) is 5.79. The second-order valence-corrected chi connectivity index (χ2v) is 6.90. The van der Waals surface area contributed by atoms with E-state index < -0.39 is 14.8 Å². The highest BCUT2D eigenvalue weighted by atomic mass is 32.2. The third kappa shape index (κ3) is 3.05. The molecule has 1 unspecified atom stereocenters. The first-order valence-electron chi connectivity index (χ1n) is 6.07. The zero-order valence-corrected chi connectivity index (χ0v) is 11.4. The van der Waals surface area contributed by atoms with Gasteiger partial charge < -0.3 is 5.32 Å². The van der Waals surface area contributed by atoms with E-state index >= 15 is 0 Å². The van der Waals surface area contributed by atoms with Gasteiger partial charge in [-0.2, -0.15) is 5.26 Å². The van der Waals surface area contributed by atoms with Crippen molar-refractivity contribution >= 4 is 21.2 Å². The molecular formula is C12H13N3O4S. The van der Waals surface area contributed by atoms with Gasteiger partial charge in [0.05, 0.1) is 16.4 Å². The van der Waals surface area contributed by atoms with Crippen molar-refractivity contribution in [1.82, 2.24) is 0 Å². The molecule has 1 fully saturated rings. The molecule has 0 aromatic heterocycles. The number of rotatable bonds is 3. The summed E-state index contributed by atoms with van der Waals surface area (Å²) in [5.74, 6) is 0.118. The number of nitro benzene ring substituents is 1. The molecule has 1 aromatic rings. The Kier molecular flexibility index (Phi) is 3.90. The summed E-state index contributed by atoms with van der Waals surface area (Å²) in [4.78, 5) is 10.4. The average molecular weight is 295 g/mol. The topological polar surface area (TPSA) is 113 Å². The fraction of sp³-hybridized carbons (Fsp3) is 0.417. The quantitative estimate of drug-likeness (QED) is 0.667. The Morgan fingerprint density at radius 3 is 2.80 bits per heavy atom. The van der Waals surface area contributed by atoms with Crippen LogP contribution in [0.2, 0.25) is 0 Å². The number of nitriles is 1. The maximum absolute atomic E-state index is 11.6. The molecule has 0 bridgehead atoms. The van der Waals surface area contributed by atoms with Crippen molar-refractivity contribution in [3.63, 3.8) is 0 Å². The van der Waals surface area contributed by atoms with Gasteiger partial charge in [0.1, 0.15) is 17.3 Å². The lowest BCUT2D eigenvalue weighted by Gasteiger charge is -2.23. The summed E-state index contributed by atoms with van der Waals surface area (Å²) < 4.78 is 23.1.